The average Bonchev–Trinajstić information content (AvgIpc) is 2.54. The molecule has 0 unspecified atom stereocenters. The Labute approximate surface area is 78.9 Å². The third kappa shape index (κ3) is 1.83. The molecule has 2 radical (unpaired) electrons. The quantitative estimate of drug-likeness (QED) is 0.733. The van der Waals surface area contributed by atoms with Crippen LogP contribution in [0.25, 0.3) is 0 Å². The highest BCUT2D eigenvalue weighted by atomic mass is 15.3. The molecule has 0 saturated heterocycles. The number of nitrogens with zero attached hydrogens (tertiary/aromatic N) is 1. The lowest BCUT2D eigenvalue weighted by atomic mass is 10.2. The fourth-order valence-electron chi connectivity index (χ4n) is 1.31. The second-order valence-corrected chi connectivity index (χ2v) is 3.11. The SMILES string of the molecule is CC1=CN[C]N1Cc1ccccc1. The van der Waals surface area contributed by atoms with Crippen LogP contribution in [0.5, 0.6) is 0 Å². The van der Waals surface area contributed by atoms with Gasteiger partial charge in [-0.15, -0.1) is 0 Å². The summed E-state index contributed by atoms with van der Waals surface area (Å²) < 4.78 is 0. The van der Waals surface area contributed by atoms with Crippen LogP contribution < -0.4 is 5.32 Å². The minimum atomic E-state index is 0.885. The first-order chi connectivity index (χ1) is 6.36. The van der Waals surface area contributed by atoms with Gasteiger partial charge in [-0.3, -0.25) is 0 Å². The topological polar surface area (TPSA) is 15.3 Å². The van der Waals surface area contributed by atoms with Crippen LogP contribution in [0, 0.1) is 6.67 Å². The van der Waals surface area contributed by atoms with Gasteiger partial charge in [-0.05, 0) is 12.5 Å². The maximum Gasteiger partial charge on any atom is 0.205 e. The van der Waals surface area contributed by atoms with Gasteiger partial charge in [0.05, 0.1) is 0 Å². The molecule has 66 valence electrons. The molecular formula is C11H12N2. The molecule has 1 N–H and O–H groups in total. The average molecular weight is 172 g/mol. The Morgan fingerprint density at radius 1 is 1.31 bits per heavy atom. The van der Waals surface area contributed by atoms with Crippen LogP contribution in [-0.4, -0.2) is 4.90 Å². The van der Waals surface area contributed by atoms with Crippen molar-refractivity contribution < 1.29 is 0 Å². The first-order valence-electron chi connectivity index (χ1n) is 4.36. The first kappa shape index (κ1) is 8.17. The summed E-state index contributed by atoms with van der Waals surface area (Å²) in [6.07, 6.45) is 1.95. The van der Waals surface area contributed by atoms with Gasteiger partial charge in [0.25, 0.3) is 0 Å². The molecule has 1 heterocycles. The van der Waals surface area contributed by atoms with E-state index in [2.05, 4.69) is 48.1 Å². The van der Waals surface area contributed by atoms with Crippen molar-refractivity contribution in [3.05, 3.63) is 54.5 Å². The van der Waals surface area contributed by atoms with E-state index >= 15 is 0 Å². The fraction of sp³-hybridized carbons (Fsp3) is 0.182. The normalized spacial score (nSPS) is 15.5. The molecule has 0 amide bonds. The number of benzene rings is 1. The highest BCUT2D eigenvalue weighted by Gasteiger charge is 2.11. The van der Waals surface area contributed by atoms with Crippen molar-refractivity contribution in [3.8, 4) is 0 Å². The molecule has 0 aromatic heterocycles. The first-order valence-corrected chi connectivity index (χ1v) is 4.36. The monoisotopic (exact) mass is 172 g/mol. The predicted octanol–water partition coefficient (Wildman–Crippen LogP) is 1.95. The summed E-state index contributed by atoms with van der Waals surface area (Å²) in [5, 5.41) is 2.96. The molecule has 0 bridgehead atoms. The molecule has 0 fully saturated rings. The standard InChI is InChI=1S/C11H12N2/c1-10-7-12-9-13(10)8-11-5-3-2-4-6-11/h2-7,12H,8H2,1H3. The van der Waals surface area contributed by atoms with E-state index in [0.717, 1.165) is 6.54 Å². The molecule has 2 rings (SSSR count). The molecular weight excluding hydrogens is 160 g/mol. The van der Waals surface area contributed by atoms with Gasteiger partial charge < -0.3 is 10.2 Å². The van der Waals surface area contributed by atoms with Crippen molar-refractivity contribution in [1.29, 1.82) is 0 Å². The zero-order chi connectivity index (χ0) is 9.10. The highest BCUT2D eigenvalue weighted by molar-refractivity contribution is 5.17. The Bertz CT molecular complexity index is 303. The summed E-state index contributed by atoms with van der Waals surface area (Å²) in [4.78, 5) is 2.06. The number of allylic oxidation sites excluding steroid dienone is 1. The van der Waals surface area contributed by atoms with Crippen LogP contribution in [0.1, 0.15) is 12.5 Å². The van der Waals surface area contributed by atoms with E-state index in [1.165, 1.54) is 11.3 Å². The minimum absolute atomic E-state index is 0.885. The Morgan fingerprint density at radius 3 is 2.69 bits per heavy atom. The van der Waals surface area contributed by atoms with Crippen molar-refractivity contribution in [2.45, 2.75) is 13.5 Å². The summed E-state index contributed by atoms with van der Waals surface area (Å²) >= 11 is 0. The van der Waals surface area contributed by atoms with Crippen molar-refractivity contribution in [2.75, 3.05) is 0 Å². The molecule has 2 heteroatoms. The summed E-state index contributed by atoms with van der Waals surface area (Å²) in [5.41, 5.74) is 2.50. The van der Waals surface area contributed by atoms with Gasteiger partial charge in [0.2, 0.25) is 6.67 Å². The Morgan fingerprint density at radius 2 is 2.08 bits per heavy atom. The molecule has 1 aliphatic heterocycles. The van der Waals surface area contributed by atoms with Gasteiger partial charge in [-0.25, -0.2) is 0 Å². The van der Waals surface area contributed by atoms with E-state index in [0.29, 0.717) is 0 Å². The molecule has 1 aromatic carbocycles. The molecule has 0 spiro atoms. The lowest BCUT2D eigenvalue weighted by Crippen LogP contribution is -2.16. The fourth-order valence-corrected chi connectivity index (χ4v) is 1.31. The van der Waals surface area contributed by atoms with Crippen LogP contribution in [0.15, 0.2) is 42.2 Å². The Hall–Kier alpha value is -1.44. The van der Waals surface area contributed by atoms with Crippen LogP contribution in [-0.2, 0) is 6.54 Å². The van der Waals surface area contributed by atoms with Crippen LogP contribution in [0.3, 0.4) is 0 Å². The Balaban J connectivity index is 2.03. The van der Waals surface area contributed by atoms with E-state index in [1.807, 2.05) is 12.3 Å². The third-order valence-electron chi connectivity index (χ3n) is 2.09. The molecule has 1 aliphatic rings. The largest absolute Gasteiger partial charge is 0.360 e. The van der Waals surface area contributed by atoms with Crippen LogP contribution in [0.2, 0.25) is 0 Å². The van der Waals surface area contributed by atoms with Crippen molar-refractivity contribution in [3.63, 3.8) is 0 Å². The van der Waals surface area contributed by atoms with Crippen molar-refractivity contribution >= 4 is 0 Å². The van der Waals surface area contributed by atoms with E-state index in [4.69, 9.17) is 0 Å². The minimum Gasteiger partial charge on any atom is -0.360 e. The molecule has 13 heavy (non-hydrogen) atoms. The highest BCUT2D eigenvalue weighted by Crippen LogP contribution is 2.14. The molecule has 0 aliphatic carbocycles. The smallest absolute Gasteiger partial charge is 0.205 e. The van der Waals surface area contributed by atoms with Gasteiger partial charge >= 0.3 is 0 Å². The lowest BCUT2D eigenvalue weighted by Gasteiger charge is -2.16. The summed E-state index contributed by atoms with van der Waals surface area (Å²) in [5.74, 6) is 0. The van der Waals surface area contributed by atoms with Gasteiger partial charge in [0.15, 0.2) is 0 Å². The van der Waals surface area contributed by atoms with E-state index in [1.54, 1.807) is 0 Å². The van der Waals surface area contributed by atoms with Crippen LogP contribution >= 0.6 is 0 Å². The van der Waals surface area contributed by atoms with Gasteiger partial charge in [-0.1, -0.05) is 30.3 Å². The number of nitrogens with one attached hydrogen (secondary N) is 1. The molecule has 1 aromatic rings. The molecule has 2 nitrogen and oxygen atoms in total. The Kier molecular flexibility index (Phi) is 2.21. The molecule has 0 saturated carbocycles. The summed E-state index contributed by atoms with van der Waals surface area (Å²) in [6.45, 7) is 6.00. The maximum absolute atomic E-state index is 3.05. The third-order valence-corrected chi connectivity index (χ3v) is 2.09. The second-order valence-electron chi connectivity index (χ2n) is 3.11. The number of hydrogen-bond acceptors (Lipinski definition) is 2. The van der Waals surface area contributed by atoms with E-state index in [-0.39, 0.29) is 0 Å². The van der Waals surface area contributed by atoms with Crippen LogP contribution in [0.4, 0.5) is 0 Å². The second kappa shape index (κ2) is 3.52. The van der Waals surface area contributed by atoms with Gasteiger partial charge in [0, 0.05) is 18.4 Å². The van der Waals surface area contributed by atoms with E-state index < -0.39 is 0 Å². The summed E-state index contributed by atoms with van der Waals surface area (Å²) in [6, 6.07) is 10.4. The maximum atomic E-state index is 3.05. The van der Waals surface area contributed by atoms with Gasteiger partial charge in [-0.2, -0.15) is 0 Å². The molecule has 0 atom stereocenters. The van der Waals surface area contributed by atoms with Crippen molar-refractivity contribution in [1.82, 2.24) is 10.2 Å². The zero-order valence-electron chi connectivity index (χ0n) is 7.62. The lowest BCUT2D eigenvalue weighted by molar-refractivity contribution is 0.420. The summed E-state index contributed by atoms with van der Waals surface area (Å²) in [7, 11) is 0. The predicted molar refractivity (Wildman–Crippen MR) is 52.1 cm³/mol. The van der Waals surface area contributed by atoms with E-state index in [9.17, 15) is 0 Å². The zero-order valence-corrected chi connectivity index (χ0v) is 7.62. The van der Waals surface area contributed by atoms with Gasteiger partial charge in [0.1, 0.15) is 0 Å². The van der Waals surface area contributed by atoms with Crippen molar-refractivity contribution in [2.24, 2.45) is 0 Å². The number of rotatable bonds is 2. The number of hydrogen-bond donors (Lipinski definition) is 1.